The molecule has 1 aromatic heterocycles. The van der Waals surface area contributed by atoms with E-state index in [9.17, 15) is 0 Å². The van der Waals surface area contributed by atoms with Crippen molar-refractivity contribution in [2.75, 3.05) is 0 Å². The second-order valence-electron chi connectivity index (χ2n) is 4.33. The maximum atomic E-state index is 6.12. The summed E-state index contributed by atoms with van der Waals surface area (Å²) in [6, 6.07) is 0. The van der Waals surface area contributed by atoms with E-state index >= 15 is 0 Å². The SMILES string of the molecule is CC1CCCC(c2ncnc(Cl)c2Cl)C1. The minimum absolute atomic E-state index is 0.375. The first kappa shape index (κ1) is 11.2. The molecule has 1 heterocycles. The Morgan fingerprint density at radius 1 is 1.27 bits per heavy atom. The number of rotatable bonds is 1. The molecule has 0 radical (unpaired) electrons. The van der Waals surface area contributed by atoms with E-state index < -0.39 is 0 Å². The average molecular weight is 245 g/mol. The summed E-state index contributed by atoms with van der Waals surface area (Å²) >= 11 is 12.0. The van der Waals surface area contributed by atoms with E-state index in [-0.39, 0.29) is 0 Å². The Bertz CT molecular complexity index is 354. The molecule has 0 spiro atoms. The molecule has 4 heteroatoms. The van der Waals surface area contributed by atoms with E-state index in [2.05, 4.69) is 16.9 Å². The first-order valence-corrected chi connectivity index (χ1v) is 6.10. The maximum Gasteiger partial charge on any atom is 0.151 e. The van der Waals surface area contributed by atoms with E-state index in [1.807, 2.05) is 0 Å². The number of hydrogen-bond acceptors (Lipinski definition) is 2. The lowest BCUT2D eigenvalue weighted by atomic mass is 9.81. The number of halogens is 2. The van der Waals surface area contributed by atoms with Crippen LogP contribution in [0.2, 0.25) is 10.2 Å². The van der Waals surface area contributed by atoms with Crippen LogP contribution in [-0.4, -0.2) is 9.97 Å². The van der Waals surface area contributed by atoms with Crippen LogP contribution in [0.25, 0.3) is 0 Å². The maximum absolute atomic E-state index is 6.12. The first-order valence-electron chi connectivity index (χ1n) is 5.34. The lowest BCUT2D eigenvalue weighted by molar-refractivity contribution is 0.340. The summed E-state index contributed by atoms with van der Waals surface area (Å²) in [5, 5.41) is 0.915. The summed E-state index contributed by atoms with van der Waals surface area (Å²) < 4.78 is 0. The molecule has 0 amide bonds. The predicted molar refractivity (Wildman–Crippen MR) is 62.4 cm³/mol. The fraction of sp³-hybridized carbons (Fsp3) is 0.636. The average Bonchev–Trinajstić information content (AvgIpc) is 2.22. The Kier molecular flexibility index (Phi) is 3.47. The van der Waals surface area contributed by atoms with Crippen LogP contribution in [0.5, 0.6) is 0 Å². The molecule has 2 atom stereocenters. The monoisotopic (exact) mass is 244 g/mol. The van der Waals surface area contributed by atoms with E-state index in [0.29, 0.717) is 16.1 Å². The van der Waals surface area contributed by atoms with Gasteiger partial charge in [0.15, 0.2) is 5.15 Å². The predicted octanol–water partition coefficient (Wildman–Crippen LogP) is 4.08. The van der Waals surface area contributed by atoms with E-state index in [1.165, 1.54) is 19.2 Å². The molecule has 0 saturated heterocycles. The van der Waals surface area contributed by atoms with E-state index in [0.717, 1.165) is 24.5 Å². The summed E-state index contributed by atoms with van der Waals surface area (Å²) in [6.07, 6.45) is 6.39. The van der Waals surface area contributed by atoms with Crippen molar-refractivity contribution in [1.29, 1.82) is 0 Å². The Labute approximate surface area is 100 Å². The molecule has 0 aliphatic heterocycles. The fourth-order valence-electron chi connectivity index (χ4n) is 2.33. The van der Waals surface area contributed by atoms with Gasteiger partial charge in [-0.2, -0.15) is 0 Å². The summed E-state index contributed by atoms with van der Waals surface area (Å²) in [4.78, 5) is 8.15. The van der Waals surface area contributed by atoms with Gasteiger partial charge in [-0.1, -0.05) is 43.0 Å². The van der Waals surface area contributed by atoms with Crippen molar-refractivity contribution in [3.05, 3.63) is 22.2 Å². The summed E-state index contributed by atoms with van der Waals surface area (Å²) in [7, 11) is 0. The number of aromatic nitrogens is 2. The van der Waals surface area contributed by atoms with Gasteiger partial charge in [-0.25, -0.2) is 9.97 Å². The summed E-state index contributed by atoms with van der Waals surface area (Å²) in [6.45, 7) is 2.28. The van der Waals surface area contributed by atoms with Gasteiger partial charge in [0, 0.05) is 5.92 Å². The molecule has 2 unspecified atom stereocenters. The molecular formula is C11H14Cl2N2. The quantitative estimate of drug-likeness (QED) is 0.697. The highest BCUT2D eigenvalue weighted by Crippen LogP contribution is 2.38. The molecule has 1 aromatic rings. The standard InChI is InChI=1S/C11H14Cl2N2/c1-7-3-2-4-8(5-7)10-9(12)11(13)15-6-14-10/h6-8H,2-5H2,1H3. The van der Waals surface area contributed by atoms with Crippen LogP contribution >= 0.6 is 23.2 Å². The van der Waals surface area contributed by atoms with Crippen molar-refractivity contribution in [3.63, 3.8) is 0 Å². The van der Waals surface area contributed by atoms with Crippen LogP contribution < -0.4 is 0 Å². The van der Waals surface area contributed by atoms with Gasteiger partial charge in [0.2, 0.25) is 0 Å². The third-order valence-corrected chi connectivity index (χ3v) is 3.85. The van der Waals surface area contributed by atoms with Crippen molar-refractivity contribution in [2.45, 2.75) is 38.5 Å². The summed E-state index contributed by atoms with van der Waals surface area (Å²) in [5.74, 6) is 1.22. The Hall–Kier alpha value is -0.340. The van der Waals surface area contributed by atoms with Crippen molar-refractivity contribution in [2.24, 2.45) is 5.92 Å². The zero-order valence-electron chi connectivity index (χ0n) is 8.71. The second-order valence-corrected chi connectivity index (χ2v) is 5.07. The van der Waals surface area contributed by atoms with Gasteiger partial charge in [-0.3, -0.25) is 0 Å². The minimum atomic E-state index is 0.375. The van der Waals surface area contributed by atoms with Gasteiger partial charge in [0.25, 0.3) is 0 Å². The van der Waals surface area contributed by atoms with E-state index in [1.54, 1.807) is 0 Å². The molecule has 0 N–H and O–H groups in total. The molecule has 82 valence electrons. The van der Waals surface area contributed by atoms with Crippen LogP contribution in [0, 0.1) is 5.92 Å². The highest BCUT2D eigenvalue weighted by atomic mass is 35.5. The molecule has 2 nitrogen and oxygen atoms in total. The van der Waals surface area contributed by atoms with Gasteiger partial charge >= 0.3 is 0 Å². The molecular weight excluding hydrogens is 231 g/mol. The highest BCUT2D eigenvalue weighted by molar-refractivity contribution is 6.41. The Balaban J connectivity index is 2.24. The molecule has 1 aliphatic carbocycles. The topological polar surface area (TPSA) is 25.8 Å². The van der Waals surface area contributed by atoms with Gasteiger partial charge < -0.3 is 0 Å². The normalized spacial score (nSPS) is 26.6. The molecule has 1 fully saturated rings. The molecule has 0 aromatic carbocycles. The zero-order chi connectivity index (χ0) is 10.8. The first-order chi connectivity index (χ1) is 7.18. The van der Waals surface area contributed by atoms with Crippen molar-refractivity contribution in [3.8, 4) is 0 Å². The van der Waals surface area contributed by atoms with E-state index in [4.69, 9.17) is 23.2 Å². The fourth-order valence-corrected chi connectivity index (χ4v) is 2.72. The minimum Gasteiger partial charge on any atom is -0.239 e. The lowest BCUT2D eigenvalue weighted by Gasteiger charge is -2.26. The van der Waals surface area contributed by atoms with Crippen LogP contribution in [0.1, 0.15) is 44.2 Å². The van der Waals surface area contributed by atoms with Crippen molar-refractivity contribution >= 4 is 23.2 Å². The van der Waals surface area contributed by atoms with Gasteiger partial charge in [-0.15, -0.1) is 0 Å². The van der Waals surface area contributed by atoms with Gasteiger partial charge in [0.05, 0.1) is 10.7 Å². The van der Waals surface area contributed by atoms with Gasteiger partial charge in [-0.05, 0) is 18.8 Å². The largest absolute Gasteiger partial charge is 0.239 e. The Morgan fingerprint density at radius 2 is 2.07 bits per heavy atom. The third kappa shape index (κ3) is 2.43. The Morgan fingerprint density at radius 3 is 2.80 bits per heavy atom. The number of hydrogen-bond donors (Lipinski definition) is 0. The smallest absolute Gasteiger partial charge is 0.151 e. The number of nitrogens with zero attached hydrogens (tertiary/aromatic N) is 2. The summed E-state index contributed by atoms with van der Waals surface area (Å²) in [5.41, 5.74) is 0.934. The van der Waals surface area contributed by atoms with Crippen LogP contribution in [0.15, 0.2) is 6.33 Å². The van der Waals surface area contributed by atoms with Crippen LogP contribution in [0.3, 0.4) is 0 Å². The van der Waals surface area contributed by atoms with Crippen molar-refractivity contribution < 1.29 is 0 Å². The lowest BCUT2D eigenvalue weighted by Crippen LogP contribution is -2.13. The van der Waals surface area contributed by atoms with Crippen molar-refractivity contribution in [1.82, 2.24) is 9.97 Å². The second kappa shape index (κ2) is 4.67. The zero-order valence-corrected chi connectivity index (χ0v) is 10.2. The highest BCUT2D eigenvalue weighted by Gasteiger charge is 2.24. The van der Waals surface area contributed by atoms with Gasteiger partial charge in [0.1, 0.15) is 6.33 Å². The molecule has 1 aliphatic rings. The molecule has 2 rings (SSSR count). The van der Waals surface area contributed by atoms with Crippen LogP contribution in [0.4, 0.5) is 0 Å². The molecule has 0 bridgehead atoms. The third-order valence-electron chi connectivity index (χ3n) is 3.10. The molecule has 15 heavy (non-hydrogen) atoms. The molecule has 1 saturated carbocycles. The van der Waals surface area contributed by atoms with Crippen LogP contribution in [-0.2, 0) is 0 Å².